The second-order valence-electron chi connectivity index (χ2n) is 3.26. The van der Waals surface area contributed by atoms with E-state index >= 15 is 0 Å². The van der Waals surface area contributed by atoms with Gasteiger partial charge in [-0.3, -0.25) is 4.79 Å². The highest BCUT2D eigenvalue weighted by Gasteiger charge is 2.03. The summed E-state index contributed by atoms with van der Waals surface area (Å²) < 4.78 is 0. The zero-order valence-corrected chi connectivity index (χ0v) is 8.34. The van der Waals surface area contributed by atoms with Crippen LogP contribution in [-0.2, 0) is 0 Å². The quantitative estimate of drug-likeness (QED) is 0.695. The van der Waals surface area contributed by atoms with Gasteiger partial charge in [-0.15, -0.1) is 0 Å². The summed E-state index contributed by atoms with van der Waals surface area (Å²) in [5.41, 5.74) is 3.35. The van der Waals surface area contributed by atoms with Gasteiger partial charge in [0.05, 0.1) is 5.69 Å². The second kappa shape index (κ2) is 4.00. The van der Waals surface area contributed by atoms with Gasteiger partial charge < -0.3 is 0 Å². The Morgan fingerprint density at radius 1 is 1.20 bits per heavy atom. The number of rotatable bonds is 2. The van der Waals surface area contributed by atoms with Crippen LogP contribution in [0.25, 0.3) is 11.3 Å². The minimum atomic E-state index is 0.406. The van der Waals surface area contributed by atoms with Crippen molar-refractivity contribution in [1.29, 1.82) is 0 Å². The Morgan fingerprint density at radius 3 is 2.73 bits per heavy atom. The van der Waals surface area contributed by atoms with Gasteiger partial charge in [0.25, 0.3) is 0 Å². The van der Waals surface area contributed by atoms with Crippen LogP contribution < -0.4 is 0 Å². The van der Waals surface area contributed by atoms with E-state index in [0.717, 1.165) is 23.1 Å². The van der Waals surface area contributed by atoms with Crippen LogP contribution in [0.4, 0.5) is 0 Å². The van der Waals surface area contributed by atoms with Gasteiger partial charge in [0.2, 0.25) is 0 Å². The monoisotopic (exact) mass is 198 g/mol. The molecule has 0 fully saturated rings. The molecule has 0 aliphatic heterocycles. The van der Waals surface area contributed by atoms with Crippen molar-refractivity contribution >= 4 is 6.29 Å². The first-order valence-electron chi connectivity index (χ1n) is 4.64. The first-order valence-corrected chi connectivity index (χ1v) is 4.64. The third kappa shape index (κ3) is 1.91. The van der Waals surface area contributed by atoms with Crippen LogP contribution in [0.5, 0.6) is 0 Å². The average Bonchev–Trinajstić information content (AvgIpc) is 2.30. The lowest BCUT2D eigenvalue weighted by Crippen LogP contribution is -1.92. The van der Waals surface area contributed by atoms with Gasteiger partial charge in [-0.05, 0) is 18.6 Å². The van der Waals surface area contributed by atoms with Crippen molar-refractivity contribution < 1.29 is 4.79 Å². The van der Waals surface area contributed by atoms with Gasteiger partial charge in [0.1, 0.15) is 12.0 Å². The Labute approximate surface area is 87.8 Å². The number of benzene rings is 1. The minimum Gasteiger partial charge on any atom is -0.296 e. The number of aldehydes is 1. The van der Waals surface area contributed by atoms with Crippen LogP contribution >= 0.6 is 0 Å². The molecule has 3 nitrogen and oxygen atoms in total. The smallest absolute Gasteiger partial charge is 0.168 e. The maximum Gasteiger partial charge on any atom is 0.168 e. The summed E-state index contributed by atoms with van der Waals surface area (Å²) >= 11 is 0. The molecule has 0 aliphatic carbocycles. The first kappa shape index (κ1) is 9.52. The van der Waals surface area contributed by atoms with E-state index < -0.39 is 0 Å². The molecule has 0 unspecified atom stereocenters. The molecule has 0 saturated carbocycles. The lowest BCUT2D eigenvalue weighted by molar-refractivity contribution is 0.111. The number of carbonyl (C=O) groups excluding carboxylic acids is 1. The largest absolute Gasteiger partial charge is 0.296 e. The fraction of sp³-hybridized carbons (Fsp3) is 0.0833. The first-order chi connectivity index (χ1) is 7.31. The molecule has 0 N–H and O–H groups in total. The molecule has 0 radical (unpaired) electrons. The van der Waals surface area contributed by atoms with E-state index in [1.54, 1.807) is 6.07 Å². The Kier molecular flexibility index (Phi) is 2.54. The van der Waals surface area contributed by atoms with Gasteiger partial charge in [0, 0.05) is 5.56 Å². The van der Waals surface area contributed by atoms with E-state index in [-0.39, 0.29) is 0 Å². The molecule has 0 bridgehead atoms. The molecule has 3 heteroatoms. The molecule has 1 aromatic carbocycles. The lowest BCUT2D eigenvalue weighted by atomic mass is 10.1. The maximum absolute atomic E-state index is 10.6. The molecule has 0 atom stereocenters. The second-order valence-corrected chi connectivity index (χ2v) is 3.26. The van der Waals surface area contributed by atoms with Crippen molar-refractivity contribution in [2.45, 2.75) is 6.92 Å². The molecule has 1 heterocycles. The van der Waals surface area contributed by atoms with Crippen LogP contribution in [0.1, 0.15) is 16.1 Å². The van der Waals surface area contributed by atoms with E-state index in [9.17, 15) is 4.79 Å². The Morgan fingerprint density at radius 2 is 2.00 bits per heavy atom. The van der Waals surface area contributed by atoms with Gasteiger partial charge in [-0.1, -0.05) is 24.3 Å². The fourth-order valence-electron chi connectivity index (χ4n) is 1.44. The predicted molar refractivity (Wildman–Crippen MR) is 57.6 cm³/mol. The molecule has 0 saturated heterocycles. The van der Waals surface area contributed by atoms with Gasteiger partial charge in [0.15, 0.2) is 6.29 Å². The van der Waals surface area contributed by atoms with Crippen molar-refractivity contribution in [1.82, 2.24) is 9.97 Å². The normalized spacial score (nSPS) is 9.93. The third-order valence-corrected chi connectivity index (χ3v) is 2.23. The number of hydrogen-bond acceptors (Lipinski definition) is 3. The average molecular weight is 198 g/mol. The van der Waals surface area contributed by atoms with Crippen LogP contribution in [0.3, 0.4) is 0 Å². The Bertz CT molecular complexity index is 494. The standard InChI is InChI=1S/C12H10N2O/c1-9-4-2-3-5-11(9)12-6-10(7-15)13-8-14-12/h2-8H,1H3. The molecule has 0 spiro atoms. The highest BCUT2D eigenvalue weighted by atomic mass is 16.1. The van der Waals surface area contributed by atoms with Crippen molar-refractivity contribution in [2.75, 3.05) is 0 Å². The maximum atomic E-state index is 10.6. The van der Waals surface area contributed by atoms with Crippen LogP contribution in [0.15, 0.2) is 36.7 Å². The summed E-state index contributed by atoms with van der Waals surface area (Å²) in [6, 6.07) is 9.60. The molecule has 2 aromatic rings. The summed E-state index contributed by atoms with van der Waals surface area (Å²) in [7, 11) is 0. The number of carbonyl (C=O) groups is 1. The number of aryl methyl sites for hydroxylation is 1. The summed E-state index contributed by atoms with van der Waals surface area (Å²) in [4.78, 5) is 18.6. The molecule has 0 aliphatic rings. The van der Waals surface area contributed by atoms with Crippen molar-refractivity contribution in [2.24, 2.45) is 0 Å². The number of nitrogens with zero attached hydrogens (tertiary/aromatic N) is 2. The Hall–Kier alpha value is -2.03. The fourth-order valence-corrected chi connectivity index (χ4v) is 1.44. The highest BCUT2D eigenvalue weighted by Crippen LogP contribution is 2.20. The van der Waals surface area contributed by atoms with Crippen molar-refractivity contribution in [3.05, 3.63) is 47.9 Å². The van der Waals surface area contributed by atoms with Crippen LogP contribution in [-0.4, -0.2) is 16.3 Å². The molecule has 1 aromatic heterocycles. The van der Waals surface area contributed by atoms with E-state index in [0.29, 0.717) is 5.69 Å². The summed E-state index contributed by atoms with van der Waals surface area (Å²) in [6.07, 6.45) is 2.13. The predicted octanol–water partition coefficient (Wildman–Crippen LogP) is 2.26. The number of hydrogen-bond donors (Lipinski definition) is 0. The summed E-state index contributed by atoms with van der Waals surface area (Å²) in [5, 5.41) is 0. The van der Waals surface area contributed by atoms with E-state index in [4.69, 9.17) is 0 Å². The molecular weight excluding hydrogens is 188 g/mol. The summed E-state index contributed by atoms with van der Waals surface area (Å²) in [5.74, 6) is 0. The highest BCUT2D eigenvalue weighted by molar-refractivity contribution is 5.75. The SMILES string of the molecule is Cc1ccccc1-c1cc(C=O)ncn1. The zero-order valence-electron chi connectivity index (χ0n) is 8.34. The topological polar surface area (TPSA) is 42.9 Å². The molecule has 74 valence electrons. The van der Waals surface area contributed by atoms with Crippen molar-refractivity contribution in [3.8, 4) is 11.3 Å². The van der Waals surface area contributed by atoms with Gasteiger partial charge >= 0.3 is 0 Å². The molecule has 15 heavy (non-hydrogen) atoms. The van der Waals surface area contributed by atoms with Gasteiger partial charge in [-0.2, -0.15) is 0 Å². The molecular formula is C12H10N2O. The van der Waals surface area contributed by atoms with E-state index in [1.807, 2.05) is 31.2 Å². The van der Waals surface area contributed by atoms with Gasteiger partial charge in [-0.25, -0.2) is 9.97 Å². The third-order valence-electron chi connectivity index (χ3n) is 2.23. The van der Waals surface area contributed by atoms with E-state index in [1.165, 1.54) is 6.33 Å². The van der Waals surface area contributed by atoms with E-state index in [2.05, 4.69) is 9.97 Å². The van der Waals surface area contributed by atoms with Crippen LogP contribution in [0.2, 0.25) is 0 Å². The minimum absolute atomic E-state index is 0.406. The van der Waals surface area contributed by atoms with Crippen molar-refractivity contribution in [3.63, 3.8) is 0 Å². The molecule has 2 rings (SSSR count). The number of aromatic nitrogens is 2. The zero-order chi connectivity index (χ0) is 10.7. The summed E-state index contributed by atoms with van der Waals surface area (Å²) in [6.45, 7) is 2.01. The lowest BCUT2D eigenvalue weighted by Gasteiger charge is -2.03. The van der Waals surface area contributed by atoms with Crippen LogP contribution in [0, 0.1) is 6.92 Å². The molecule has 0 amide bonds. The Balaban J connectivity index is 2.54.